The third-order valence-corrected chi connectivity index (χ3v) is 11.3. The number of H-pyrrole nitrogens is 1. The van der Waals surface area contributed by atoms with Gasteiger partial charge in [0.05, 0.1) is 46.4 Å². The quantitative estimate of drug-likeness (QED) is 0.171. The number of hydrogen-bond donors (Lipinski definition) is 2. The first-order valence-corrected chi connectivity index (χ1v) is 17.4. The lowest BCUT2D eigenvalue weighted by Crippen LogP contribution is -2.22. The molecule has 2 N–H and O–H groups in total. The molecule has 10 nitrogen and oxygen atoms in total. The summed E-state index contributed by atoms with van der Waals surface area (Å²) in [6.45, 7) is 0.601. The van der Waals surface area contributed by atoms with Crippen molar-refractivity contribution in [3.63, 3.8) is 0 Å². The van der Waals surface area contributed by atoms with Crippen molar-refractivity contribution in [2.24, 2.45) is 0 Å². The predicted octanol–water partition coefficient (Wildman–Crippen LogP) is 7.11. The highest BCUT2D eigenvalue weighted by Gasteiger charge is 2.45. The van der Waals surface area contributed by atoms with Crippen LogP contribution < -0.4 is 15.8 Å². The van der Waals surface area contributed by atoms with Crippen molar-refractivity contribution in [2.75, 3.05) is 19.0 Å². The van der Waals surface area contributed by atoms with Crippen LogP contribution in [0, 0.1) is 11.6 Å². The first kappa shape index (κ1) is 31.5. The smallest absolute Gasteiger partial charge is 0.434 e. The van der Waals surface area contributed by atoms with E-state index in [9.17, 15) is 18.4 Å². The van der Waals surface area contributed by atoms with E-state index in [0.29, 0.717) is 74.0 Å². The van der Waals surface area contributed by atoms with Crippen LogP contribution in [0.25, 0.3) is 32.0 Å². The largest absolute Gasteiger partial charge is 0.493 e. The number of pyridine rings is 2. The number of hydrogen-bond acceptors (Lipinski definition) is 9. The van der Waals surface area contributed by atoms with E-state index in [2.05, 4.69) is 20.5 Å². The van der Waals surface area contributed by atoms with Crippen LogP contribution in [0.2, 0.25) is 0 Å². The van der Waals surface area contributed by atoms with E-state index in [1.807, 2.05) is 17.0 Å². The molecule has 3 atom stereocenters. The van der Waals surface area contributed by atoms with Crippen LogP contribution in [0.15, 0.2) is 63.9 Å². The third-order valence-electron chi connectivity index (χ3n) is 10.1. The number of alkyl halides is 1. The highest BCUT2D eigenvalue weighted by Crippen LogP contribution is 2.51. The van der Waals surface area contributed by atoms with Crippen LogP contribution in [-0.4, -0.2) is 50.8 Å². The maximum atomic E-state index is 15.6. The molecule has 2 aliphatic heterocycles. The van der Waals surface area contributed by atoms with E-state index in [1.165, 1.54) is 36.6 Å². The second-order valence-electron chi connectivity index (χ2n) is 12.9. The number of aromatic nitrogens is 4. The van der Waals surface area contributed by atoms with Crippen molar-refractivity contribution in [2.45, 2.75) is 50.4 Å². The highest BCUT2D eigenvalue weighted by atomic mass is 32.1. The number of halogens is 3. The molecule has 1 saturated heterocycles. The molecule has 6 heterocycles. The molecule has 4 aromatic heterocycles. The van der Waals surface area contributed by atoms with Gasteiger partial charge >= 0.3 is 5.76 Å². The summed E-state index contributed by atoms with van der Waals surface area (Å²) in [7, 11) is 1.36. The monoisotopic (exact) mass is 710 g/mol. The number of carbonyl (C=O) groups excluding carboxylic acids is 1. The van der Waals surface area contributed by atoms with E-state index >= 15 is 4.39 Å². The SMILES string of the molecule is COc1c(F)ccc2c1C[C@@H](F)[C@H]2Nc1nccc2cc(-c3c4c(nc(CCc5ccc(F)cc5)c3-c3n[nH]c(=O)o3)[C@H]3CCCN3C4=O)sc12. The number of methoxy groups -OCH3 is 1. The van der Waals surface area contributed by atoms with Gasteiger partial charge in [-0.05, 0) is 72.5 Å². The zero-order valence-electron chi connectivity index (χ0n) is 27.1. The van der Waals surface area contributed by atoms with Crippen molar-refractivity contribution >= 4 is 33.1 Å². The van der Waals surface area contributed by atoms with Gasteiger partial charge in [-0.25, -0.2) is 28.0 Å². The van der Waals surface area contributed by atoms with Gasteiger partial charge in [-0.2, -0.15) is 0 Å². The number of carbonyl (C=O) groups is 1. The normalized spacial score (nSPS) is 19.1. The maximum Gasteiger partial charge on any atom is 0.434 e. The van der Waals surface area contributed by atoms with Gasteiger partial charge in [-0.15, -0.1) is 16.4 Å². The lowest BCUT2D eigenvalue weighted by Gasteiger charge is -2.18. The lowest BCUT2D eigenvalue weighted by molar-refractivity contribution is 0.0776. The Kier molecular flexibility index (Phi) is 7.45. The second kappa shape index (κ2) is 12.1. The number of ether oxygens (including phenoxy) is 1. The lowest BCUT2D eigenvalue weighted by atomic mass is 9.93. The zero-order valence-corrected chi connectivity index (χ0v) is 28.0. The van der Waals surface area contributed by atoms with E-state index in [4.69, 9.17) is 14.1 Å². The number of aryl methyl sites for hydroxylation is 2. The Morgan fingerprint density at radius 1 is 1.08 bits per heavy atom. The van der Waals surface area contributed by atoms with Gasteiger partial charge in [0.2, 0.25) is 0 Å². The first-order chi connectivity index (χ1) is 24.8. The van der Waals surface area contributed by atoms with E-state index < -0.39 is 23.8 Å². The molecule has 9 rings (SSSR count). The number of nitrogens with zero attached hydrogens (tertiary/aromatic N) is 4. The molecule has 0 bridgehead atoms. The molecular weight excluding hydrogens is 682 g/mol. The fourth-order valence-corrected chi connectivity index (χ4v) is 8.97. The Labute approximate surface area is 292 Å². The number of fused-ring (bicyclic) bond motifs is 5. The van der Waals surface area contributed by atoms with Crippen LogP contribution in [-0.2, 0) is 19.3 Å². The summed E-state index contributed by atoms with van der Waals surface area (Å²) in [6, 6.07) is 11.9. The van der Waals surface area contributed by atoms with Crippen molar-refractivity contribution in [1.29, 1.82) is 0 Å². The Morgan fingerprint density at radius 2 is 1.92 bits per heavy atom. The number of nitrogens with one attached hydrogen (secondary N) is 2. The molecule has 1 aliphatic carbocycles. The molecule has 0 saturated carbocycles. The van der Waals surface area contributed by atoms with Gasteiger partial charge in [0.25, 0.3) is 11.8 Å². The molecular formula is C37H29F3N6O4S. The van der Waals surface area contributed by atoms with Crippen LogP contribution in [0.1, 0.15) is 63.4 Å². The number of amides is 1. The van der Waals surface area contributed by atoms with Crippen molar-refractivity contribution in [3.8, 4) is 27.6 Å². The average Bonchev–Trinajstić information content (AvgIpc) is 3.96. The van der Waals surface area contributed by atoms with Gasteiger partial charge in [0.15, 0.2) is 11.6 Å². The second-order valence-corrected chi connectivity index (χ2v) is 14.0. The van der Waals surface area contributed by atoms with Gasteiger partial charge in [0, 0.05) is 35.2 Å². The summed E-state index contributed by atoms with van der Waals surface area (Å²) >= 11 is 1.36. The Morgan fingerprint density at radius 3 is 2.71 bits per heavy atom. The minimum atomic E-state index is -1.36. The van der Waals surface area contributed by atoms with E-state index in [1.54, 1.807) is 24.4 Å². The number of anilines is 1. The molecule has 1 fully saturated rings. The molecule has 3 aliphatic rings. The number of thiophene rings is 1. The minimum absolute atomic E-state index is 0.00258. The molecule has 258 valence electrons. The van der Waals surface area contributed by atoms with Gasteiger partial charge in [0.1, 0.15) is 17.8 Å². The van der Waals surface area contributed by atoms with Crippen molar-refractivity contribution in [1.82, 2.24) is 25.1 Å². The van der Waals surface area contributed by atoms with E-state index in [0.717, 1.165) is 23.8 Å². The summed E-state index contributed by atoms with van der Waals surface area (Å²) in [5.41, 5.74) is 4.61. The van der Waals surface area contributed by atoms with Crippen LogP contribution in [0.4, 0.5) is 19.0 Å². The molecule has 51 heavy (non-hydrogen) atoms. The maximum absolute atomic E-state index is 15.6. The van der Waals surface area contributed by atoms with Crippen LogP contribution in [0.5, 0.6) is 5.75 Å². The Hall–Kier alpha value is -5.50. The fourth-order valence-electron chi connectivity index (χ4n) is 7.81. The Bertz CT molecular complexity index is 2430. The van der Waals surface area contributed by atoms with Gasteiger partial charge < -0.3 is 19.4 Å². The molecule has 2 aromatic carbocycles. The van der Waals surface area contributed by atoms with Crippen molar-refractivity contribution in [3.05, 3.63) is 111 Å². The average molecular weight is 711 g/mol. The Balaban J connectivity index is 1.20. The number of aromatic amines is 1. The summed E-state index contributed by atoms with van der Waals surface area (Å²) in [5, 5.41) is 10.6. The van der Waals surface area contributed by atoms with Gasteiger partial charge in [-0.1, -0.05) is 18.2 Å². The summed E-state index contributed by atoms with van der Waals surface area (Å²) in [4.78, 5) is 38.7. The minimum Gasteiger partial charge on any atom is -0.493 e. The highest BCUT2D eigenvalue weighted by molar-refractivity contribution is 7.23. The third kappa shape index (κ3) is 5.10. The molecule has 0 unspecified atom stereocenters. The molecule has 0 radical (unpaired) electrons. The topological polar surface area (TPSA) is 126 Å². The first-order valence-electron chi connectivity index (χ1n) is 16.6. The standard InChI is InChI=1S/C37H29F3N6O4S/c1-49-32-21-16-23(40)30(20(21)9-10-22(32)39)43-34-33-18(12-13-41-34)15-26(51-33)28-27(35-44-45-37(48)50-35)24(11-6-17-4-7-19(38)8-5-17)42-31-25-3-2-14-46(25)36(47)29(28)31/h4-5,7-10,12-13,15,23,25,30H,2-3,6,11,14,16H2,1H3,(H,41,43)(H,45,48)/t23-,25-,30+/m1/s1. The van der Waals surface area contributed by atoms with Crippen LogP contribution >= 0.6 is 11.3 Å². The fraction of sp³-hybridized carbons (Fsp3) is 0.270. The molecule has 1 amide bonds. The molecule has 0 spiro atoms. The zero-order chi connectivity index (χ0) is 35.0. The van der Waals surface area contributed by atoms with Gasteiger partial charge in [-0.3, -0.25) is 9.78 Å². The van der Waals surface area contributed by atoms with E-state index in [-0.39, 0.29) is 35.8 Å². The number of rotatable bonds is 8. The summed E-state index contributed by atoms with van der Waals surface area (Å²) in [5.74, 6) is -1.34. The number of benzene rings is 2. The van der Waals surface area contributed by atoms with Crippen LogP contribution in [0.3, 0.4) is 0 Å². The molecule has 14 heteroatoms. The summed E-state index contributed by atoms with van der Waals surface area (Å²) < 4.78 is 55.3. The summed E-state index contributed by atoms with van der Waals surface area (Å²) in [6.07, 6.45) is 2.76. The predicted molar refractivity (Wildman–Crippen MR) is 184 cm³/mol. The van der Waals surface area contributed by atoms with Crippen molar-refractivity contribution < 1.29 is 27.1 Å². The molecule has 6 aromatic rings.